The molecule has 1 atom stereocenters. The minimum atomic E-state index is -0.149. The third kappa shape index (κ3) is 4.22. The molecule has 5 nitrogen and oxygen atoms in total. The van der Waals surface area contributed by atoms with Gasteiger partial charge in [-0.1, -0.05) is 19.9 Å². The molecule has 0 fully saturated rings. The molecule has 106 valence electrons. The highest BCUT2D eigenvalue weighted by Gasteiger charge is 2.18. The van der Waals surface area contributed by atoms with Crippen LogP contribution in [0.5, 0.6) is 0 Å². The monoisotopic (exact) mass is 265 g/mol. The van der Waals surface area contributed by atoms with E-state index in [1.54, 1.807) is 13.2 Å². The number of benzene rings is 1. The van der Waals surface area contributed by atoms with Crippen molar-refractivity contribution in [2.24, 2.45) is 11.8 Å². The first kappa shape index (κ1) is 15.5. The van der Waals surface area contributed by atoms with Crippen LogP contribution in [0.15, 0.2) is 18.2 Å². The number of hydrogen-bond acceptors (Lipinski definition) is 4. The number of nitrogens with two attached hydrogens (primary N) is 1. The van der Waals surface area contributed by atoms with Crippen LogP contribution in [0.25, 0.3) is 0 Å². The summed E-state index contributed by atoms with van der Waals surface area (Å²) < 4.78 is 5.12. The van der Waals surface area contributed by atoms with Gasteiger partial charge in [0, 0.05) is 7.11 Å². The summed E-state index contributed by atoms with van der Waals surface area (Å²) in [6, 6.07) is 5.47. The van der Waals surface area contributed by atoms with Crippen LogP contribution < -0.4 is 16.6 Å². The molecular weight excluding hydrogens is 242 g/mol. The smallest absolute Gasteiger partial charge is 0.253 e. The van der Waals surface area contributed by atoms with Gasteiger partial charge in [0.25, 0.3) is 5.91 Å². The molecule has 0 heterocycles. The Labute approximate surface area is 114 Å². The quantitative estimate of drug-likeness (QED) is 0.540. The summed E-state index contributed by atoms with van der Waals surface area (Å²) >= 11 is 0. The van der Waals surface area contributed by atoms with Gasteiger partial charge >= 0.3 is 0 Å². The predicted molar refractivity (Wildman–Crippen MR) is 77.0 cm³/mol. The summed E-state index contributed by atoms with van der Waals surface area (Å²) in [5.41, 5.74) is 4.76. The van der Waals surface area contributed by atoms with E-state index in [0.29, 0.717) is 23.8 Å². The van der Waals surface area contributed by atoms with E-state index in [0.717, 1.165) is 5.56 Å². The Morgan fingerprint density at radius 2 is 2.11 bits per heavy atom. The molecule has 19 heavy (non-hydrogen) atoms. The summed E-state index contributed by atoms with van der Waals surface area (Å²) in [4.78, 5) is 12.3. The van der Waals surface area contributed by atoms with E-state index in [-0.39, 0.29) is 11.9 Å². The summed E-state index contributed by atoms with van der Waals surface area (Å²) in [5, 5.41) is 2.97. The highest BCUT2D eigenvalue weighted by Crippen LogP contribution is 2.17. The van der Waals surface area contributed by atoms with E-state index in [1.165, 1.54) is 0 Å². The van der Waals surface area contributed by atoms with Crippen molar-refractivity contribution >= 4 is 11.6 Å². The fourth-order valence-corrected chi connectivity index (χ4v) is 1.80. The highest BCUT2D eigenvalue weighted by molar-refractivity contribution is 5.99. The van der Waals surface area contributed by atoms with Gasteiger partial charge < -0.3 is 15.5 Å². The van der Waals surface area contributed by atoms with E-state index in [9.17, 15) is 4.79 Å². The zero-order chi connectivity index (χ0) is 14.4. The first-order valence-corrected chi connectivity index (χ1v) is 6.36. The van der Waals surface area contributed by atoms with E-state index < -0.39 is 0 Å². The minimum Gasteiger partial charge on any atom is -0.383 e. The molecule has 0 saturated carbocycles. The van der Waals surface area contributed by atoms with E-state index in [1.807, 2.05) is 32.9 Å². The molecule has 0 bridgehead atoms. The van der Waals surface area contributed by atoms with Crippen LogP contribution in [0.4, 0.5) is 5.69 Å². The average Bonchev–Trinajstić information content (AvgIpc) is 2.37. The number of methoxy groups -OCH3 is 1. The molecule has 1 aromatic rings. The molecule has 0 radical (unpaired) electrons. The lowest BCUT2D eigenvalue weighted by Gasteiger charge is -2.22. The van der Waals surface area contributed by atoms with Crippen molar-refractivity contribution in [2.75, 3.05) is 19.1 Å². The normalized spacial score (nSPS) is 12.3. The van der Waals surface area contributed by atoms with Crippen LogP contribution in [0.2, 0.25) is 0 Å². The number of hydrogen-bond donors (Lipinski definition) is 3. The second kappa shape index (κ2) is 7.11. The molecule has 0 saturated heterocycles. The van der Waals surface area contributed by atoms with Crippen LogP contribution in [0.3, 0.4) is 0 Å². The number of nitrogens with one attached hydrogen (secondary N) is 2. The number of carbonyl (C=O) groups excluding carboxylic acids is 1. The van der Waals surface area contributed by atoms with Gasteiger partial charge in [-0.15, -0.1) is 0 Å². The van der Waals surface area contributed by atoms with Gasteiger partial charge in [-0.2, -0.15) is 0 Å². The fraction of sp³-hybridized carbons (Fsp3) is 0.500. The standard InChI is InChI=1S/C14H23N3O2/c1-9(2)13(8-19-4)16-14(18)11-6-5-10(3)7-12(11)17-15/h5-7,9,13,17H,8,15H2,1-4H3,(H,16,18). The first-order valence-electron chi connectivity index (χ1n) is 6.36. The van der Waals surface area contributed by atoms with Gasteiger partial charge in [0.05, 0.1) is 23.9 Å². The molecule has 0 aliphatic carbocycles. The summed E-state index contributed by atoms with van der Waals surface area (Å²) in [5.74, 6) is 5.60. The molecule has 1 rings (SSSR count). The minimum absolute atomic E-state index is 0.0237. The van der Waals surface area contributed by atoms with Gasteiger partial charge in [0.15, 0.2) is 0 Å². The maximum Gasteiger partial charge on any atom is 0.253 e. The number of carbonyl (C=O) groups is 1. The Bertz CT molecular complexity index is 433. The Morgan fingerprint density at radius 1 is 1.42 bits per heavy atom. The Hall–Kier alpha value is -1.59. The van der Waals surface area contributed by atoms with Crippen LogP contribution >= 0.6 is 0 Å². The van der Waals surface area contributed by atoms with Crippen molar-refractivity contribution in [3.05, 3.63) is 29.3 Å². The van der Waals surface area contributed by atoms with Gasteiger partial charge in [-0.05, 0) is 30.5 Å². The topological polar surface area (TPSA) is 76.4 Å². The third-order valence-corrected chi connectivity index (χ3v) is 3.04. The molecular formula is C14H23N3O2. The number of aryl methyl sites for hydroxylation is 1. The summed E-state index contributed by atoms with van der Waals surface area (Å²) in [6.45, 7) is 6.52. The van der Waals surface area contributed by atoms with Crippen LogP contribution in [0, 0.1) is 12.8 Å². The van der Waals surface area contributed by atoms with Crippen LogP contribution in [-0.2, 0) is 4.74 Å². The Balaban J connectivity index is 2.88. The number of nitrogen functional groups attached to an aromatic ring is 1. The third-order valence-electron chi connectivity index (χ3n) is 3.04. The van der Waals surface area contributed by atoms with Gasteiger partial charge in [0.1, 0.15) is 0 Å². The van der Waals surface area contributed by atoms with Crippen molar-refractivity contribution < 1.29 is 9.53 Å². The van der Waals surface area contributed by atoms with Gasteiger partial charge in [-0.3, -0.25) is 10.6 Å². The summed E-state index contributed by atoms with van der Waals surface area (Å²) in [6.07, 6.45) is 0. The van der Waals surface area contributed by atoms with E-state index in [2.05, 4.69) is 10.7 Å². The maximum atomic E-state index is 12.3. The molecule has 1 aromatic carbocycles. The van der Waals surface area contributed by atoms with Crippen molar-refractivity contribution in [1.29, 1.82) is 0 Å². The largest absolute Gasteiger partial charge is 0.383 e. The average molecular weight is 265 g/mol. The van der Waals surface area contributed by atoms with E-state index in [4.69, 9.17) is 10.6 Å². The zero-order valence-electron chi connectivity index (χ0n) is 12.0. The lowest BCUT2D eigenvalue weighted by atomic mass is 10.0. The van der Waals surface area contributed by atoms with Gasteiger partial charge in [0.2, 0.25) is 0 Å². The van der Waals surface area contributed by atoms with Crippen molar-refractivity contribution in [3.8, 4) is 0 Å². The maximum absolute atomic E-state index is 12.3. The van der Waals surface area contributed by atoms with Crippen LogP contribution in [0.1, 0.15) is 29.8 Å². The Kier molecular flexibility index (Phi) is 5.79. The van der Waals surface area contributed by atoms with E-state index >= 15 is 0 Å². The molecule has 0 aromatic heterocycles. The second-order valence-corrected chi connectivity index (χ2v) is 4.97. The number of ether oxygens (including phenoxy) is 1. The summed E-state index contributed by atoms with van der Waals surface area (Å²) in [7, 11) is 1.63. The Morgan fingerprint density at radius 3 is 2.63 bits per heavy atom. The molecule has 1 amide bonds. The number of anilines is 1. The predicted octanol–water partition coefficient (Wildman–Crippen LogP) is 1.68. The first-order chi connectivity index (χ1) is 8.99. The number of amides is 1. The molecule has 0 aliphatic rings. The molecule has 0 spiro atoms. The number of rotatable bonds is 6. The lowest BCUT2D eigenvalue weighted by molar-refractivity contribution is 0.0867. The molecule has 1 unspecified atom stereocenters. The van der Waals surface area contributed by atoms with Crippen LogP contribution in [-0.4, -0.2) is 25.7 Å². The lowest BCUT2D eigenvalue weighted by Crippen LogP contribution is -2.42. The molecule has 0 aliphatic heterocycles. The number of hydrazine groups is 1. The zero-order valence-corrected chi connectivity index (χ0v) is 12.0. The van der Waals surface area contributed by atoms with Gasteiger partial charge in [-0.25, -0.2) is 0 Å². The van der Waals surface area contributed by atoms with Crippen molar-refractivity contribution in [1.82, 2.24) is 5.32 Å². The molecule has 5 heteroatoms. The SMILES string of the molecule is COCC(NC(=O)c1ccc(C)cc1NN)C(C)C. The highest BCUT2D eigenvalue weighted by atomic mass is 16.5. The molecule has 4 N–H and O–H groups in total. The van der Waals surface area contributed by atoms with Crippen molar-refractivity contribution in [2.45, 2.75) is 26.8 Å². The second-order valence-electron chi connectivity index (χ2n) is 4.97. The fourth-order valence-electron chi connectivity index (χ4n) is 1.80. The van der Waals surface area contributed by atoms with Crippen molar-refractivity contribution in [3.63, 3.8) is 0 Å².